The van der Waals surface area contributed by atoms with Crippen molar-refractivity contribution in [3.63, 3.8) is 0 Å². The third kappa shape index (κ3) is 2.47. The Bertz CT molecular complexity index is 489. The van der Waals surface area contributed by atoms with E-state index in [-0.39, 0.29) is 6.04 Å². The summed E-state index contributed by atoms with van der Waals surface area (Å²) in [6.45, 7) is 5.09. The van der Waals surface area contributed by atoms with E-state index in [9.17, 15) is 0 Å². The van der Waals surface area contributed by atoms with Gasteiger partial charge >= 0.3 is 0 Å². The molecule has 0 fully saturated rings. The highest BCUT2D eigenvalue weighted by atomic mass is 16.3. The van der Waals surface area contributed by atoms with Crippen LogP contribution >= 0.6 is 0 Å². The number of imidazole rings is 1. The Labute approximate surface area is 107 Å². The van der Waals surface area contributed by atoms with Crippen molar-refractivity contribution < 1.29 is 4.42 Å². The van der Waals surface area contributed by atoms with Gasteiger partial charge in [-0.25, -0.2) is 4.98 Å². The first-order valence-corrected chi connectivity index (χ1v) is 6.32. The zero-order valence-electron chi connectivity index (χ0n) is 10.9. The summed E-state index contributed by atoms with van der Waals surface area (Å²) in [5.41, 5.74) is 3.97. The Kier molecular flexibility index (Phi) is 4.17. The Morgan fingerprint density at radius 1 is 1.50 bits per heavy atom. The van der Waals surface area contributed by atoms with Crippen molar-refractivity contribution in [2.75, 3.05) is 0 Å². The van der Waals surface area contributed by atoms with Crippen molar-refractivity contribution in [3.05, 3.63) is 41.9 Å². The molecule has 0 amide bonds. The standard InChI is InChI=1S/C13H20N4O/c1-3-12-10(5-8-18-12)11(16-14)9-13-15-6-7-17(13)4-2/h5-8,11,16H,3-4,9,14H2,1-2H3. The molecule has 1 unspecified atom stereocenters. The summed E-state index contributed by atoms with van der Waals surface area (Å²) in [7, 11) is 0. The maximum atomic E-state index is 5.67. The second kappa shape index (κ2) is 5.84. The summed E-state index contributed by atoms with van der Waals surface area (Å²) in [5.74, 6) is 7.68. The Morgan fingerprint density at radius 3 is 3.00 bits per heavy atom. The van der Waals surface area contributed by atoms with E-state index in [0.29, 0.717) is 0 Å². The number of aromatic nitrogens is 2. The van der Waals surface area contributed by atoms with E-state index in [4.69, 9.17) is 10.3 Å². The highest BCUT2D eigenvalue weighted by molar-refractivity contribution is 5.22. The average molecular weight is 248 g/mol. The molecule has 2 rings (SSSR count). The predicted molar refractivity (Wildman–Crippen MR) is 69.8 cm³/mol. The minimum Gasteiger partial charge on any atom is -0.469 e. The monoisotopic (exact) mass is 248 g/mol. The number of hydrogen-bond donors (Lipinski definition) is 2. The van der Waals surface area contributed by atoms with Gasteiger partial charge in [0.1, 0.15) is 11.6 Å². The Balaban J connectivity index is 2.20. The highest BCUT2D eigenvalue weighted by Crippen LogP contribution is 2.22. The fraction of sp³-hybridized carbons (Fsp3) is 0.462. The van der Waals surface area contributed by atoms with E-state index in [2.05, 4.69) is 28.8 Å². The van der Waals surface area contributed by atoms with Crippen molar-refractivity contribution in [1.82, 2.24) is 15.0 Å². The van der Waals surface area contributed by atoms with Crippen molar-refractivity contribution in [3.8, 4) is 0 Å². The third-order valence-electron chi connectivity index (χ3n) is 3.21. The molecule has 2 aromatic heterocycles. The number of hydrazine groups is 1. The molecular formula is C13H20N4O. The lowest BCUT2D eigenvalue weighted by atomic mass is 10.0. The van der Waals surface area contributed by atoms with Gasteiger partial charge in [-0.05, 0) is 13.0 Å². The number of hydrogen-bond acceptors (Lipinski definition) is 4. The van der Waals surface area contributed by atoms with Gasteiger partial charge in [-0.15, -0.1) is 0 Å². The van der Waals surface area contributed by atoms with Crippen LogP contribution in [-0.4, -0.2) is 9.55 Å². The largest absolute Gasteiger partial charge is 0.469 e. The molecule has 0 aliphatic heterocycles. The minimum absolute atomic E-state index is 0.0337. The van der Waals surface area contributed by atoms with E-state index >= 15 is 0 Å². The number of furan rings is 1. The van der Waals surface area contributed by atoms with Crippen molar-refractivity contribution in [2.45, 2.75) is 39.3 Å². The van der Waals surface area contributed by atoms with Gasteiger partial charge in [-0.1, -0.05) is 6.92 Å². The highest BCUT2D eigenvalue weighted by Gasteiger charge is 2.18. The normalized spacial score (nSPS) is 12.8. The molecule has 0 aromatic carbocycles. The summed E-state index contributed by atoms with van der Waals surface area (Å²) in [5, 5.41) is 0. The van der Waals surface area contributed by atoms with Gasteiger partial charge in [0.25, 0.3) is 0 Å². The van der Waals surface area contributed by atoms with Gasteiger partial charge in [0, 0.05) is 37.3 Å². The maximum absolute atomic E-state index is 5.67. The summed E-state index contributed by atoms with van der Waals surface area (Å²) in [6, 6.07) is 2.01. The molecule has 0 bridgehead atoms. The molecule has 1 atom stereocenters. The van der Waals surface area contributed by atoms with E-state index in [1.54, 1.807) is 6.26 Å². The molecule has 0 aliphatic carbocycles. The van der Waals surface area contributed by atoms with Crippen LogP contribution in [0, 0.1) is 0 Å². The molecule has 18 heavy (non-hydrogen) atoms. The van der Waals surface area contributed by atoms with E-state index < -0.39 is 0 Å². The third-order valence-corrected chi connectivity index (χ3v) is 3.21. The van der Waals surface area contributed by atoms with Crippen LogP contribution in [0.15, 0.2) is 29.1 Å². The molecule has 0 aliphatic rings. The zero-order chi connectivity index (χ0) is 13.0. The first-order chi connectivity index (χ1) is 8.80. The SMILES string of the molecule is CCc1occc1C(Cc1nccn1CC)NN. The molecule has 0 spiro atoms. The van der Waals surface area contributed by atoms with Crippen LogP contribution in [-0.2, 0) is 19.4 Å². The summed E-state index contributed by atoms with van der Waals surface area (Å²) < 4.78 is 7.57. The van der Waals surface area contributed by atoms with Crippen LogP contribution in [0.1, 0.15) is 37.0 Å². The smallest absolute Gasteiger partial charge is 0.110 e. The molecule has 0 saturated carbocycles. The Hall–Kier alpha value is -1.59. The van der Waals surface area contributed by atoms with Gasteiger partial charge < -0.3 is 8.98 Å². The lowest BCUT2D eigenvalue weighted by Crippen LogP contribution is -2.30. The molecule has 0 radical (unpaired) electrons. The fourth-order valence-corrected chi connectivity index (χ4v) is 2.21. The van der Waals surface area contributed by atoms with Crippen molar-refractivity contribution in [1.29, 1.82) is 0 Å². The average Bonchev–Trinajstić information content (AvgIpc) is 3.03. The molecular weight excluding hydrogens is 228 g/mol. The van der Waals surface area contributed by atoms with E-state index in [1.165, 1.54) is 0 Å². The van der Waals surface area contributed by atoms with E-state index in [1.807, 2.05) is 18.5 Å². The maximum Gasteiger partial charge on any atom is 0.110 e. The molecule has 98 valence electrons. The second-order valence-corrected chi connectivity index (χ2v) is 4.21. The van der Waals surface area contributed by atoms with Crippen molar-refractivity contribution in [2.24, 2.45) is 5.84 Å². The predicted octanol–water partition coefficient (Wildman–Crippen LogP) is 1.81. The van der Waals surface area contributed by atoms with Crippen LogP contribution in [0.2, 0.25) is 0 Å². The quantitative estimate of drug-likeness (QED) is 0.604. The molecule has 5 nitrogen and oxygen atoms in total. The number of nitrogens with zero attached hydrogens (tertiary/aromatic N) is 2. The fourth-order valence-electron chi connectivity index (χ4n) is 2.21. The summed E-state index contributed by atoms with van der Waals surface area (Å²) in [6.07, 6.45) is 7.14. The number of aryl methyl sites for hydroxylation is 2. The number of nitrogens with two attached hydrogens (primary N) is 1. The van der Waals surface area contributed by atoms with Crippen LogP contribution in [0.5, 0.6) is 0 Å². The topological polar surface area (TPSA) is 69.0 Å². The lowest BCUT2D eigenvalue weighted by molar-refractivity contribution is 0.479. The van der Waals surface area contributed by atoms with Gasteiger partial charge in [0.05, 0.1) is 12.3 Å². The first-order valence-electron chi connectivity index (χ1n) is 6.32. The van der Waals surface area contributed by atoms with Gasteiger partial charge in [0.2, 0.25) is 0 Å². The minimum atomic E-state index is 0.0337. The van der Waals surface area contributed by atoms with Crippen LogP contribution in [0.25, 0.3) is 0 Å². The van der Waals surface area contributed by atoms with Gasteiger partial charge in [-0.2, -0.15) is 0 Å². The van der Waals surface area contributed by atoms with Crippen LogP contribution < -0.4 is 11.3 Å². The lowest BCUT2D eigenvalue weighted by Gasteiger charge is -2.16. The second-order valence-electron chi connectivity index (χ2n) is 4.21. The Morgan fingerprint density at radius 2 is 2.33 bits per heavy atom. The number of nitrogens with one attached hydrogen (secondary N) is 1. The zero-order valence-corrected chi connectivity index (χ0v) is 10.9. The van der Waals surface area contributed by atoms with E-state index in [0.717, 1.165) is 36.5 Å². The summed E-state index contributed by atoms with van der Waals surface area (Å²) in [4.78, 5) is 4.38. The summed E-state index contributed by atoms with van der Waals surface area (Å²) >= 11 is 0. The molecule has 2 aromatic rings. The number of rotatable bonds is 6. The molecule has 2 heterocycles. The van der Waals surface area contributed by atoms with Crippen LogP contribution in [0.3, 0.4) is 0 Å². The van der Waals surface area contributed by atoms with Crippen LogP contribution in [0.4, 0.5) is 0 Å². The first kappa shape index (κ1) is 12.9. The molecule has 0 saturated heterocycles. The van der Waals surface area contributed by atoms with Crippen molar-refractivity contribution >= 4 is 0 Å². The van der Waals surface area contributed by atoms with Gasteiger partial charge in [0.15, 0.2) is 0 Å². The van der Waals surface area contributed by atoms with Gasteiger partial charge in [-0.3, -0.25) is 11.3 Å². The molecule has 5 heteroatoms. The molecule has 3 N–H and O–H groups in total.